The molecule has 198 valence electrons. The average Bonchev–Trinajstić information content (AvgIpc) is 3.58. The number of benzene rings is 3. The molecule has 5 nitrogen and oxygen atoms in total. The molecule has 2 heterocycles. The van der Waals surface area contributed by atoms with Crippen LogP contribution in [0, 0.1) is 6.92 Å². The van der Waals surface area contributed by atoms with E-state index in [1.54, 1.807) is 0 Å². The topological polar surface area (TPSA) is 46.5 Å². The van der Waals surface area contributed by atoms with Crippen LogP contribution in [0.2, 0.25) is 0 Å². The lowest BCUT2D eigenvalue weighted by molar-refractivity contribution is -0.121. The van der Waals surface area contributed by atoms with Gasteiger partial charge in [-0.15, -0.1) is 0 Å². The van der Waals surface area contributed by atoms with Gasteiger partial charge in [-0.1, -0.05) is 60.2 Å². The number of hydrogen-bond acceptors (Lipinski definition) is 3. The van der Waals surface area contributed by atoms with Gasteiger partial charge in [0.05, 0.1) is 6.61 Å². The SMILES string of the molecule is CCOc1ccc(C(CC(=O)NCCN2CCCC2)c2cn(Cc3ccc(C)cc3)c3ccccc23)cc1. The molecule has 0 aliphatic carbocycles. The van der Waals surface area contributed by atoms with E-state index in [-0.39, 0.29) is 11.8 Å². The van der Waals surface area contributed by atoms with Gasteiger partial charge in [0.25, 0.3) is 0 Å². The molecule has 3 aromatic carbocycles. The highest BCUT2D eigenvalue weighted by atomic mass is 16.5. The molecule has 1 N–H and O–H groups in total. The van der Waals surface area contributed by atoms with Crippen LogP contribution < -0.4 is 10.1 Å². The Bertz CT molecular complexity index is 1340. The van der Waals surface area contributed by atoms with Crippen molar-refractivity contribution < 1.29 is 9.53 Å². The Hall–Kier alpha value is -3.57. The molecular formula is C33H39N3O2. The fourth-order valence-corrected chi connectivity index (χ4v) is 5.56. The molecule has 0 spiro atoms. The van der Waals surface area contributed by atoms with E-state index in [0.29, 0.717) is 19.6 Å². The van der Waals surface area contributed by atoms with E-state index in [4.69, 9.17) is 4.74 Å². The number of nitrogens with zero attached hydrogens (tertiary/aromatic N) is 2. The van der Waals surface area contributed by atoms with E-state index in [1.807, 2.05) is 19.1 Å². The van der Waals surface area contributed by atoms with Gasteiger partial charge in [-0.25, -0.2) is 0 Å². The van der Waals surface area contributed by atoms with Gasteiger partial charge in [0.15, 0.2) is 0 Å². The lowest BCUT2D eigenvalue weighted by Crippen LogP contribution is -2.34. The third kappa shape index (κ3) is 6.28. The van der Waals surface area contributed by atoms with Crippen molar-refractivity contribution in [3.8, 4) is 5.75 Å². The molecule has 1 aliphatic rings. The zero-order valence-electron chi connectivity index (χ0n) is 22.7. The Morgan fingerprint density at radius 2 is 1.71 bits per heavy atom. The van der Waals surface area contributed by atoms with Crippen LogP contribution in [0.4, 0.5) is 0 Å². The van der Waals surface area contributed by atoms with Gasteiger partial charge >= 0.3 is 0 Å². The summed E-state index contributed by atoms with van der Waals surface area (Å²) in [5, 5.41) is 4.40. The summed E-state index contributed by atoms with van der Waals surface area (Å²) in [6, 6.07) is 25.5. The van der Waals surface area contributed by atoms with Crippen LogP contribution in [-0.2, 0) is 11.3 Å². The first-order chi connectivity index (χ1) is 18.6. The second-order valence-electron chi connectivity index (χ2n) is 10.4. The molecule has 0 saturated carbocycles. The molecule has 1 amide bonds. The highest BCUT2D eigenvalue weighted by molar-refractivity contribution is 5.86. The van der Waals surface area contributed by atoms with E-state index >= 15 is 0 Å². The number of likely N-dealkylation sites (tertiary alicyclic amines) is 1. The number of amides is 1. The monoisotopic (exact) mass is 509 g/mol. The second kappa shape index (κ2) is 12.3. The maximum atomic E-state index is 13.2. The molecule has 1 atom stereocenters. The van der Waals surface area contributed by atoms with Gasteiger partial charge in [-0.05, 0) is 74.7 Å². The Morgan fingerprint density at radius 3 is 2.45 bits per heavy atom. The highest BCUT2D eigenvalue weighted by Crippen LogP contribution is 2.36. The summed E-state index contributed by atoms with van der Waals surface area (Å²) in [6.07, 6.45) is 5.19. The number of nitrogens with one attached hydrogen (secondary N) is 1. The van der Waals surface area contributed by atoms with Crippen molar-refractivity contribution in [2.24, 2.45) is 0 Å². The Balaban J connectivity index is 1.44. The molecule has 0 bridgehead atoms. The molecule has 0 radical (unpaired) electrons. The third-order valence-electron chi connectivity index (χ3n) is 7.60. The summed E-state index contributed by atoms with van der Waals surface area (Å²) in [6.45, 7) is 9.44. The minimum Gasteiger partial charge on any atom is -0.494 e. The van der Waals surface area contributed by atoms with Crippen molar-refractivity contribution in [2.75, 3.05) is 32.8 Å². The average molecular weight is 510 g/mol. The zero-order chi connectivity index (χ0) is 26.3. The van der Waals surface area contributed by atoms with Gasteiger partial charge in [0, 0.05) is 49.1 Å². The molecule has 1 aromatic heterocycles. The van der Waals surface area contributed by atoms with E-state index in [0.717, 1.165) is 37.5 Å². The van der Waals surface area contributed by atoms with Crippen molar-refractivity contribution in [1.29, 1.82) is 0 Å². The standard InChI is InChI=1S/C33H39N3O2/c1-3-38-28-16-14-27(15-17-28)30(22-33(37)34-18-21-35-19-6-7-20-35)31-24-36(32-9-5-4-8-29(31)32)23-26-12-10-25(2)11-13-26/h4-5,8-17,24,30H,3,6-7,18-23H2,1-2H3,(H,34,37). The van der Waals surface area contributed by atoms with Crippen LogP contribution in [0.3, 0.4) is 0 Å². The first-order valence-electron chi connectivity index (χ1n) is 14.0. The van der Waals surface area contributed by atoms with Crippen LogP contribution in [0.25, 0.3) is 10.9 Å². The largest absolute Gasteiger partial charge is 0.494 e. The minimum absolute atomic E-state index is 0.0540. The number of carbonyl (C=O) groups excluding carboxylic acids is 1. The lowest BCUT2D eigenvalue weighted by atomic mass is 9.88. The summed E-state index contributed by atoms with van der Waals surface area (Å²) in [4.78, 5) is 15.7. The van der Waals surface area contributed by atoms with Crippen molar-refractivity contribution in [3.05, 3.63) is 101 Å². The first-order valence-corrected chi connectivity index (χ1v) is 14.0. The maximum Gasteiger partial charge on any atom is 0.220 e. The summed E-state index contributed by atoms with van der Waals surface area (Å²) in [5.41, 5.74) is 6.03. The number of fused-ring (bicyclic) bond motifs is 1. The fraction of sp³-hybridized carbons (Fsp3) is 0.364. The molecule has 5 heteroatoms. The van der Waals surface area contributed by atoms with Gasteiger partial charge < -0.3 is 19.5 Å². The predicted molar refractivity (Wildman–Crippen MR) is 155 cm³/mol. The molecule has 38 heavy (non-hydrogen) atoms. The normalized spacial score (nSPS) is 14.6. The summed E-state index contributed by atoms with van der Waals surface area (Å²) >= 11 is 0. The number of aromatic nitrogens is 1. The highest BCUT2D eigenvalue weighted by Gasteiger charge is 2.23. The number of hydrogen-bond donors (Lipinski definition) is 1. The molecule has 1 saturated heterocycles. The van der Waals surface area contributed by atoms with E-state index in [9.17, 15) is 4.79 Å². The van der Waals surface area contributed by atoms with Gasteiger partial charge in [0.2, 0.25) is 5.91 Å². The van der Waals surface area contributed by atoms with Crippen molar-refractivity contribution in [2.45, 2.75) is 45.6 Å². The predicted octanol–water partition coefficient (Wildman–Crippen LogP) is 6.13. The molecule has 4 aromatic rings. The summed E-state index contributed by atoms with van der Waals surface area (Å²) in [7, 11) is 0. The Morgan fingerprint density at radius 1 is 0.974 bits per heavy atom. The molecule has 1 fully saturated rings. The molecule has 1 aliphatic heterocycles. The smallest absolute Gasteiger partial charge is 0.220 e. The van der Waals surface area contributed by atoms with Crippen molar-refractivity contribution >= 4 is 16.8 Å². The van der Waals surface area contributed by atoms with Crippen LogP contribution in [0.1, 0.15) is 54.4 Å². The van der Waals surface area contributed by atoms with E-state index in [1.165, 1.54) is 40.4 Å². The molecule has 1 unspecified atom stereocenters. The van der Waals surface area contributed by atoms with E-state index in [2.05, 4.69) is 88.6 Å². The minimum atomic E-state index is -0.0540. The van der Waals surface area contributed by atoms with Crippen LogP contribution in [-0.4, -0.2) is 48.2 Å². The number of ether oxygens (including phenoxy) is 1. The summed E-state index contributed by atoms with van der Waals surface area (Å²) < 4.78 is 8.01. The van der Waals surface area contributed by atoms with Crippen molar-refractivity contribution in [1.82, 2.24) is 14.8 Å². The molecule has 5 rings (SSSR count). The zero-order valence-corrected chi connectivity index (χ0v) is 22.7. The number of carbonyl (C=O) groups is 1. The number of rotatable bonds is 11. The molecular weight excluding hydrogens is 470 g/mol. The van der Waals surface area contributed by atoms with Crippen LogP contribution in [0.15, 0.2) is 79.0 Å². The van der Waals surface area contributed by atoms with Crippen LogP contribution in [0.5, 0.6) is 5.75 Å². The second-order valence-corrected chi connectivity index (χ2v) is 10.4. The lowest BCUT2D eigenvalue weighted by Gasteiger charge is -2.19. The van der Waals surface area contributed by atoms with Gasteiger partial charge in [-0.2, -0.15) is 0 Å². The maximum absolute atomic E-state index is 13.2. The van der Waals surface area contributed by atoms with E-state index < -0.39 is 0 Å². The van der Waals surface area contributed by atoms with Crippen molar-refractivity contribution in [3.63, 3.8) is 0 Å². The Kier molecular flexibility index (Phi) is 8.44. The van der Waals surface area contributed by atoms with Crippen LogP contribution >= 0.6 is 0 Å². The summed E-state index contributed by atoms with van der Waals surface area (Å²) in [5.74, 6) is 0.895. The number of aryl methyl sites for hydroxylation is 1. The third-order valence-corrected chi connectivity index (χ3v) is 7.60. The number of para-hydroxylation sites is 1. The van der Waals surface area contributed by atoms with Gasteiger partial charge in [0.1, 0.15) is 5.75 Å². The quantitative estimate of drug-likeness (QED) is 0.265. The Labute approximate surface area is 226 Å². The fourth-order valence-electron chi connectivity index (χ4n) is 5.56. The first kappa shape index (κ1) is 26.1. The van der Waals surface area contributed by atoms with Gasteiger partial charge in [-0.3, -0.25) is 4.79 Å².